The van der Waals surface area contributed by atoms with Crippen molar-refractivity contribution in [3.05, 3.63) is 12.2 Å². The van der Waals surface area contributed by atoms with Gasteiger partial charge in [0.1, 0.15) is 0 Å². The summed E-state index contributed by atoms with van der Waals surface area (Å²) in [6.07, 6.45) is 58.9. The number of carbonyl (C=O) groups excluding carboxylic acids is 1. The van der Waals surface area contributed by atoms with E-state index in [0.717, 1.165) is 12.8 Å². The van der Waals surface area contributed by atoms with Gasteiger partial charge in [-0.2, -0.15) is 0 Å². The van der Waals surface area contributed by atoms with E-state index in [0.29, 0.717) is 13.0 Å². The van der Waals surface area contributed by atoms with Crippen LogP contribution in [0.1, 0.15) is 271 Å². The highest BCUT2D eigenvalue weighted by Gasteiger charge is 2.03. The lowest BCUT2D eigenvalue weighted by Crippen LogP contribution is -2.05. The summed E-state index contributed by atoms with van der Waals surface area (Å²) >= 11 is 0. The summed E-state index contributed by atoms with van der Waals surface area (Å²) in [5.41, 5.74) is 0. The van der Waals surface area contributed by atoms with Crippen LogP contribution in [0.25, 0.3) is 0 Å². The number of esters is 1. The third-order valence-electron chi connectivity index (χ3n) is 10.4. The Morgan fingerprint density at radius 1 is 0.333 bits per heavy atom. The Kier molecular flexibility index (Phi) is 43.5. The molecular formula is C46H90O2. The van der Waals surface area contributed by atoms with Crippen LogP contribution in [-0.2, 0) is 9.53 Å². The first-order valence-corrected chi connectivity index (χ1v) is 22.6. The van der Waals surface area contributed by atoms with E-state index in [2.05, 4.69) is 26.0 Å². The highest BCUT2D eigenvalue weighted by Crippen LogP contribution is 2.16. The minimum atomic E-state index is 0.0273. The van der Waals surface area contributed by atoms with Crippen molar-refractivity contribution >= 4 is 5.97 Å². The van der Waals surface area contributed by atoms with Gasteiger partial charge in [-0.05, 0) is 38.5 Å². The van der Waals surface area contributed by atoms with Crippen molar-refractivity contribution in [3.63, 3.8) is 0 Å². The molecule has 0 bridgehead atoms. The number of hydrogen-bond acceptors (Lipinski definition) is 2. The first-order chi connectivity index (χ1) is 23.8. The number of carbonyl (C=O) groups is 1. The summed E-state index contributed by atoms with van der Waals surface area (Å²) < 4.78 is 5.48. The Hall–Kier alpha value is -0.790. The molecule has 0 amide bonds. The van der Waals surface area contributed by atoms with E-state index in [9.17, 15) is 4.79 Å². The van der Waals surface area contributed by atoms with Gasteiger partial charge in [0, 0.05) is 6.42 Å². The normalized spacial score (nSPS) is 11.6. The van der Waals surface area contributed by atoms with Gasteiger partial charge in [0.2, 0.25) is 0 Å². The fourth-order valence-corrected chi connectivity index (χ4v) is 7.02. The molecule has 0 atom stereocenters. The lowest BCUT2D eigenvalue weighted by Gasteiger charge is -2.06. The first kappa shape index (κ1) is 47.2. The molecule has 2 nitrogen and oxygen atoms in total. The molecule has 0 aliphatic carbocycles. The van der Waals surface area contributed by atoms with Crippen LogP contribution in [0.5, 0.6) is 0 Å². The average molecular weight is 675 g/mol. The van der Waals surface area contributed by atoms with E-state index in [4.69, 9.17) is 4.74 Å². The van der Waals surface area contributed by atoms with Crippen LogP contribution in [0.2, 0.25) is 0 Å². The van der Waals surface area contributed by atoms with Crippen LogP contribution in [0.3, 0.4) is 0 Å². The van der Waals surface area contributed by atoms with Crippen molar-refractivity contribution in [2.24, 2.45) is 0 Å². The molecule has 0 radical (unpaired) electrons. The molecule has 0 saturated carbocycles. The zero-order valence-electron chi connectivity index (χ0n) is 33.5. The molecule has 0 aromatic heterocycles. The van der Waals surface area contributed by atoms with E-state index < -0.39 is 0 Å². The summed E-state index contributed by atoms with van der Waals surface area (Å²) in [5, 5.41) is 0. The standard InChI is InChI=1S/C46H90O2/c1-3-5-7-9-11-13-15-17-19-21-23-24-25-27-29-31-33-35-37-39-41-43-45-48-46(47)44-42-40-38-36-34-32-30-28-26-22-20-18-16-14-12-10-8-6-4-2/h18,20H,3-17,19,21-45H2,1-2H3/b20-18-. The zero-order valence-corrected chi connectivity index (χ0v) is 33.5. The van der Waals surface area contributed by atoms with Crippen LogP contribution in [0.15, 0.2) is 12.2 Å². The molecule has 0 spiro atoms. The maximum Gasteiger partial charge on any atom is 0.305 e. The van der Waals surface area contributed by atoms with Crippen molar-refractivity contribution in [1.29, 1.82) is 0 Å². The Bertz CT molecular complexity index is 611. The van der Waals surface area contributed by atoms with Gasteiger partial charge in [-0.15, -0.1) is 0 Å². The third-order valence-corrected chi connectivity index (χ3v) is 10.4. The largest absolute Gasteiger partial charge is 0.466 e. The number of rotatable bonds is 42. The van der Waals surface area contributed by atoms with E-state index in [1.54, 1.807) is 0 Å². The van der Waals surface area contributed by atoms with Gasteiger partial charge >= 0.3 is 5.97 Å². The minimum Gasteiger partial charge on any atom is -0.466 e. The molecule has 48 heavy (non-hydrogen) atoms. The highest BCUT2D eigenvalue weighted by molar-refractivity contribution is 5.69. The van der Waals surface area contributed by atoms with Crippen LogP contribution in [-0.4, -0.2) is 12.6 Å². The summed E-state index contributed by atoms with van der Waals surface area (Å²) in [6.45, 7) is 5.22. The van der Waals surface area contributed by atoms with Crippen molar-refractivity contribution in [2.45, 2.75) is 271 Å². The van der Waals surface area contributed by atoms with Gasteiger partial charge in [0.25, 0.3) is 0 Å². The van der Waals surface area contributed by atoms with Crippen molar-refractivity contribution in [1.82, 2.24) is 0 Å². The minimum absolute atomic E-state index is 0.0273. The van der Waals surface area contributed by atoms with Crippen molar-refractivity contribution in [3.8, 4) is 0 Å². The van der Waals surface area contributed by atoms with Gasteiger partial charge in [0.15, 0.2) is 0 Å². The summed E-state index contributed by atoms with van der Waals surface area (Å²) in [6, 6.07) is 0. The van der Waals surface area contributed by atoms with Gasteiger partial charge in [0.05, 0.1) is 6.61 Å². The molecule has 0 aliphatic heterocycles. The maximum absolute atomic E-state index is 12.0. The van der Waals surface area contributed by atoms with Gasteiger partial charge < -0.3 is 4.74 Å². The van der Waals surface area contributed by atoms with E-state index in [-0.39, 0.29) is 5.97 Å². The smallest absolute Gasteiger partial charge is 0.305 e. The molecule has 0 fully saturated rings. The zero-order chi connectivity index (χ0) is 34.7. The second kappa shape index (κ2) is 44.2. The molecule has 0 aliphatic rings. The third kappa shape index (κ3) is 43.2. The van der Waals surface area contributed by atoms with Crippen LogP contribution >= 0.6 is 0 Å². The van der Waals surface area contributed by atoms with E-state index in [1.807, 2.05) is 0 Å². The number of unbranched alkanes of at least 4 members (excludes halogenated alkanes) is 36. The summed E-state index contributed by atoms with van der Waals surface area (Å²) in [7, 11) is 0. The molecule has 2 heteroatoms. The fraction of sp³-hybridized carbons (Fsp3) is 0.935. The van der Waals surface area contributed by atoms with Crippen LogP contribution in [0.4, 0.5) is 0 Å². The second-order valence-electron chi connectivity index (χ2n) is 15.4. The van der Waals surface area contributed by atoms with Crippen molar-refractivity contribution < 1.29 is 9.53 Å². The molecule has 0 N–H and O–H groups in total. The summed E-state index contributed by atoms with van der Waals surface area (Å²) in [5.74, 6) is 0.0273. The van der Waals surface area contributed by atoms with Crippen LogP contribution in [0, 0.1) is 0 Å². The topological polar surface area (TPSA) is 26.3 Å². The molecule has 286 valence electrons. The predicted octanol–water partition coefficient (Wildman–Crippen LogP) is 16.7. The Balaban J connectivity index is 3.17. The lowest BCUT2D eigenvalue weighted by molar-refractivity contribution is -0.143. The van der Waals surface area contributed by atoms with Gasteiger partial charge in [-0.25, -0.2) is 0 Å². The van der Waals surface area contributed by atoms with E-state index in [1.165, 1.54) is 238 Å². The maximum atomic E-state index is 12.0. The lowest BCUT2D eigenvalue weighted by atomic mass is 10.0. The second-order valence-corrected chi connectivity index (χ2v) is 15.4. The Labute approximate surface area is 304 Å². The van der Waals surface area contributed by atoms with Crippen LogP contribution < -0.4 is 0 Å². The summed E-state index contributed by atoms with van der Waals surface area (Å²) in [4.78, 5) is 12.0. The molecule has 0 aromatic rings. The molecule has 0 aromatic carbocycles. The number of ether oxygens (including phenoxy) is 1. The first-order valence-electron chi connectivity index (χ1n) is 22.6. The Morgan fingerprint density at radius 2 is 0.583 bits per heavy atom. The molecule has 0 heterocycles. The quantitative estimate of drug-likeness (QED) is 0.0366. The van der Waals surface area contributed by atoms with E-state index >= 15 is 0 Å². The molecule has 0 rings (SSSR count). The molecular weight excluding hydrogens is 585 g/mol. The average Bonchev–Trinajstić information content (AvgIpc) is 3.09. The predicted molar refractivity (Wildman–Crippen MR) is 216 cm³/mol. The Morgan fingerprint density at radius 3 is 0.896 bits per heavy atom. The SMILES string of the molecule is CCCCCCCC/C=C\CCCCCCCCCCCC(=O)OCCCCCCCCCCCCCCCCCCCCCCCC. The number of hydrogen-bond donors (Lipinski definition) is 0. The van der Waals surface area contributed by atoms with Crippen molar-refractivity contribution in [2.75, 3.05) is 6.61 Å². The highest BCUT2D eigenvalue weighted by atomic mass is 16.5. The van der Waals surface area contributed by atoms with Gasteiger partial charge in [-0.3, -0.25) is 4.79 Å². The fourth-order valence-electron chi connectivity index (χ4n) is 7.02. The number of allylic oxidation sites excluding steroid dienone is 2. The molecule has 0 saturated heterocycles. The van der Waals surface area contributed by atoms with Gasteiger partial charge in [-0.1, -0.05) is 238 Å². The monoisotopic (exact) mass is 675 g/mol. The molecule has 0 unspecified atom stereocenters.